The Morgan fingerprint density at radius 3 is 2.58 bits per heavy atom. The molecule has 1 fully saturated rings. The number of methoxy groups -OCH3 is 1. The first-order valence-electron chi connectivity index (χ1n) is 6.71. The van der Waals surface area contributed by atoms with E-state index in [0.29, 0.717) is 25.1 Å². The van der Waals surface area contributed by atoms with Gasteiger partial charge in [-0.25, -0.2) is 8.78 Å². The zero-order valence-corrected chi connectivity index (χ0v) is 11.7. The Labute approximate surface area is 113 Å². The maximum absolute atomic E-state index is 15.0. The number of ether oxygens (including phenoxy) is 1. The third-order valence-corrected chi connectivity index (χ3v) is 3.90. The Bertz CT molecular complexity index is 442. The van der Waals surface area contributed by atoms with Gasteiger partial charge in [-0.1, -0.05) is 19.9 Å². The van der Waals surface area contributed by atoms with Crippen LogP contribution >= 0.6 is 0 Å². The number of nitrogens with one attached hydrogen (secondary N) is 1. The van der Waals surface area contributed by atoms with E-state index in [1.807, 2.05) is 13.8 Å². The molecule has 2 atom stereocenters. The van der Waals surface area contributed by atoms with Crippen molar-refractivity contribution in [3.05, 3.63) is 29.6 Å². The average molecular weight is 269 g/mol. The Kier molecular flexibility index (Phi) is 4.09. The van der Waals surface area contributed by atoms with Gasteiger partial charge >= 0.3 is 0 Å². The molecule has 0 unspecified atom stereocenters. The van der Waals surface area contributed by atoms with Crippen molar-refractivity contribution in [3.63, 3.8) is 0 Å². The molecule has 106 valence electrons. The zero-order valence-electron chi connectivity index (χ0n) is 11.7. The van der Waals surface area contributed by atoms with Crippen molar-refractivity contribution in [1.82, 2.24) is 5.32 Å². The molecule has 1 aromatic rings. The van der Waals surface area contributed by atoms with Gasteiger partial charge in [-0.15, -0.1) is 0 Å². The number of benzene rings is 1. The summed E-state index contributed by atoms with van der Waals surface area (Å²) in [4.78, 5) is 0. The van der Waals surface area contributed by atoms with E-state index in [4.69, 9.17) is 4.74 Å². The molecule has 2 nitrogen and oxygen atoms in total. The van der Waals surface area contributed by atoms with Crippen LogP contribution in [0, 0.1) is 11.7 Å². The van der Waals surface area contributed by atoms with Gasteiger partial charge < -0.3 is 10.1 Å². The maximum atomic E-state index is 15.0. The second kappa shape index (κ2) is 5.45. The van der Waals surface area contributed by atoms with E-state index in [1.54, 1.807) is 12.1 Å². The van der Waals surface area contributed by atoms with E-state index < -0.39 is 11.5 Å². The molecule has 0 radical (unpaired) electrons. The van der Waals surface area contributed by atoms with Gasteiger partial charge in [0.15, 0.2) is 11.6 Å². The summed E-state index contributed by atoms with van der Waals surface area (Å²) in [5.74, 6) is -0.426. The summed E-state index contributed by atoms with van der Waals surface area (Å²) in [6.45, 7) is 4.97. The maximum Gasteiger partial charge on any atom is 0.165 e. The van der Waals surface area contributed by atoms with Crippen molar-refractivity contribution in [3.8, 4) is 5.75 Å². The minimum atomic E-state index is -1.30. The molecule has 1 N–H and O–H groups in total. The van der Waals surface area contributed by atoms with Crippen molar-refractivity contribution in [2.45, 2.75) is 31.9 Å². The van der Waals surface area contributed by atoms with Gasteiger partial charge in [0.05, 0.1) is 7.11 Å². The molecule has 1 aliphatic heterocycles. The molecule has 1 heterocycles. The van der Waals surface area contributed by atoms with Gasteiger partial charge in [0.25, 0.3) is 0 Å². The number of hydrogen-bond donors (Lipinski definition) is 1. The van der Waals surface area contributed by atoms with Crippen molar-refractivity contribution in [1.29, 1.82) is 0 Å². The second-order valence-corrected chi connectivity index (χ2v) is 5.58. The first kappa shape index (κ1) is 14.3. The van der Waals surface area contributed by atoms with Crippen LogP contribution in [-0.4, -0.2) is 25.9 Å². The smallest absolute Gasteiger partial charge is 0.165 e. The molecule has 1 saturated heterocycles. The molecule has 1 aromatic carbocycles. The molecule has 0 spiro atoms. The van der Waals surface area contributed by atoms with Crippen LogP contribution in [0.5, 0.6) is 5.75 Å². The van der Waals surface area contributed by atoms with E-state index in [1.165, 1.54) is 13.2 Å². The van der Waals surface area contributed by atoms with E-state index in [0.717, 1.165) is 0 Å². The van der Waals surface area contributed by atoms with Crippen molar-refractivity contribution in [2.75, 3.05) is 20.2 Å². The first-order chi connectivity index (χ1) is 8.98. The minimum Gasteiger partial charge on any atom is -0.494 e. The molecule has 1 aliphatic rings. The number of alkyl halides is 1. The van der Waals surface area contributed by atoms with E-state index in [-0.39, 0.29) is 17.6 Å². The lowest BCUT2D eigenvalue weighted by Crippen LogP contribution is -2.36. The average Bonchev–Trinajstić information content (AvgIpc) is 2.76. The van der Waals surface area contributed by atoms with Gasteiger partial charge in [-0.2, -0.15) is 0 Å². The van der Waals surface area contributed by atoms with Crippen LogP contribution in [0.2, 0.25) is 0 Å². The van der Waals surface area contributed by atoms with E-state index >= 15 is 4.39 Å². The molecule has 2 rings (SSSR count). The van der Waals surface area contributed by atoms with Crippen molar-refractivity contribution in [2.24, 2.45) is 5.92 Å². The fourth-order valence-electron chi connectivity index (χ4n) is 3.10. The summed E-state index contributed by atoms with van der Waals surface area (Å²) < 4.78 is 33.7. The molecular weight excluding hydrogens is 248 g/mol. The van der Waals surface area contributed by atoms with Gasteiger partial charge in [0, 0.05) is 12.5 Å². The van der Waals surface area contributed by atoms with E-state index in [2.05, 4.69) is 5.32 Å². The Morgan fingerprint density at radius 2 is 2.11 bits per heavy atom. The summed E-state index contributed by atoms with van der Waals surface area (Å²) in [5.41, 5.74) is -0.589. The van der Waals surface area contributed by atoms with Gasteiger partial charge in [0.2, 0.25) is 0 Å². The normalized spacial score (nSPS) is 24.7. The van der Waals surface area contributed by atoms with Crippen LogP contribution in [0.4, 0.5) is 8.78 Å². The first-order valence-corrected chi connectivity index (χ1v) is 6.71. The SMILES string of the molecule is COc1ccc([C@H](C(C)C)[C@]2(F)CCNC2)cc1F. The van der Waals surface area contributed by atoms with Gasteiger partial charge in [0.1, 0.15) is 5.67 Å². The Balaban J connectivity index is 2.37. The molecule has 0 aromatic heterocycles. The third kappa shape index (κ3) is 2.73. The van der Waals surface area contributed by atoms with Crippen molar-refractivity contribution >= 4 is 0 Å². The van der Waals surface area contributed by atoms with Gasteiger partial charge in [-0.05, 0) is 36.6 Å². The highest BCUT2D eigenvalue weighted by Crippen LogP contribution is 2.42. The molecule has 0 saturated carbocycles. The highest BCUT2D eigenvalue weighted by Gasteiger charge is 2.44. The highest BCUT2D eigenvalue weighted by atomic mass is 19.1. The molecule has 19 heavy (non-hydrogen) atoms. The van der Waals surface area contributed by atoms with E-state index in [9.17, 15) is 4.39 Å². The van der Waals surface area contributed by atoms with Crippen LogP contribution in [0.1, 0.15) is 31.7 Å². The quantitative estimate of drug-likeness (QED) is 0.905. The summed E-state index contributed by atoms with van der Waals surface area (Å²) in [5, 5.41) is 3.06. The fraction of sp³-hybridized carbons (Fsp3) is 0.600. The van der Waals surface area contributed by atoms with Crippen LogP contribution in [-0.2, 0) is 0 Å². The standard InChI is InChI=1S/C15H21F2NO/c1-10(2)14(15(17)6-7-18-9-15)11-4-5-13(19-3)12(16)8-11/h4-5,8,10,14,18H,6-7,9H2,1-3H3/t14-,15-/m0/s1. The Morgan fingerprint density at radius 1 is 1.37 bits per heavy atom. The molecule has 0 aliphatic carbocycles. The number of halogens is 2. The third-order valence-electron chi connectivity index (χ3n) is 3.90. The molecule has 4 heteroatoms. The van der Waals surface area contributed by atoms with Crippen LogP contribution in [0.15, 0.2) is 18.2 Å². The molecule has 0 amide bonds. The fourth-order valence-corrected chi connectivity index (χ4v) is 3.10. The lowest BCUT2D eigenvalue weighted by molar-refractivity contribution is 0.120. The van der Waals surface area contributed by atoms with Crippen LogP contribution in [0.25, 0.3) is 0 Å². The summed E-state index contributed by atoms with van der Waals surface area (Å²) in [7, 11) is 1.43. The minimum absolute atomic E-state index is 0.109. The number of rotatable bonds is 4. The predicted octanol–water partition coefficient (Wildman–Crippen LogP) is 3.28. The zero-order chi connectivity index (χ0) is 14.0. The number of hydrogen-bond acceptors (Lipinski definition) is 2. The largest absolute Gasteiger partial charge is 0.494 e. The predicted molar refractivity (Wildman–Crippen MR) is 71.9 cm³/mol. The Hall–Kier alpha value is -1.16. The topological polar surface area (TPSA) is 21.3 Å². The summed E-state index contributed by atoms with van der Waals surface area (Å²) in [6.07, 6.45) is 0.476. The monoisotopic (exact) mass is 269 g/mol. The van der Waals surface area contributed by atoms with Crippen LogP contribution < -0.4 is 10.1 Å². The van der Waals surface area contributed by atoms with Crippen LogP contribution in [0.3, 0.4) is 0 Å². The second-order valence-electron chi connectivity index (χ2n) is 5.58. The molecule has 0 bridgehead atoms. The molecular formula is C15H21F2NO. The summed E-state index contributed by atoms with van der Waals surface area (Å²) >= 11 is 0. The highest BCUT2D eigenvalue weighted by molar-refractivity contribution is 5.33. The van der Waals surface area contributed by atoms with Gasteiger partial charge in [-0.3, -0.25) is 0 Å². The lowest BCUT2D eigenvalue weighted by atomic mass is 9.75. The van der Waals surface area contributed by atoms with Crippen molar-refractivity contribution < 1.29 is 13.5 Å². The summed E-state index contributed by atoms with van der Waals surface area (Å²) in [6, 6.07) is 4.75. The lowest BCUT2D eigenvalue weighted by Gasteiger charge is -2.33.